The number of rotatable bonds is 2. The van der Waals surface area contributed by atoms with Gasteiger partial charge >= 0.3 is 0 Å². The Balaban J connectivity index is 4.23. The van der Waals surface area contributed by atoms with Crippen molar-refractivity contribution in [2.75, 3.05) is 0 Å². The van der Waals surface area contributed by atoms with E-state index in [-0.39, 0.29) is 11.3 Å². The molecule has 0 saturated carbocycles. The summed E-state index contributed by atoms with van der Waals surface area (Å²) in [6.07, 6.45) is 1.93. The lowest BCUT2D eigenvalue weighted by atomic mass is 10.1. The van der Waals surface area contributed by atoms with Gasteiger partial charge in [-0.15, -0.1) is 0 Å². The maximum absolute atomic E-state index is 10.2. The minimum absolute atomic E-state index is 0.153. The van der Waals surface area contributed by atoms with Gasteiger partial charge in [-0.25, -0.2) is 0 Å². The number of aliphatic imine (C=N–C) groups is 1. The topological polar surface area (TPSA) is 67.8 Å². The number of carbonyl (C=O) groups excluding carboxylic acids is 1. The Labute approximate surface area is 66.2 Å². The molecule has 0 radical (unpaired) electrons. The van der Waals surface area contributed by atoms with Crippen LogP contribution in [0.5, 0.6) is 0 Å². The highest BCUT2D eigenvalue weighted by atomic mass is 16.1. The largest absolute Gasteiger partial charge is 0.323 e. The Morgan fingerprint density at radius 1 is 1.45 bits per heavy atom. The molecule has 0 aromatic heterocycles. The molecule has 0 rings (SSSR count). The van der Waals surface area contributed by atoms with Crippen LogP contribution in [0.2, 0.25) is 0 Å². The zero-order valence-corrected chi connectivity index (χ0v) is 7.03. The molecular formula is C7H13N3O. The first-order chi connectivity index (χ1) is 4.99. The van der Waals surface area contributed by atoms with Crippen LogP contribution in [0, 0.1) is 0 Å². The second-order valence-electron chi connectivity index (χ2n) is 3.10. The summed E-state index contributed by atoms with van der Waals surface area (Å²) in [4.78, 5) is 14.2. The van der Waals surface area contributed by atoms with E-state index in [1.165, 1.54) is 6.21 Å². The van der Waals surface area contributed by atoms with Gasteiger partial charge in [0, 0.05) is 0 Å². The molecule has 4 heteroatoms. The fraction of sp³-hybridized carbons (Fsp3) is 0.571. The number of hydrogen-bond donors (Lipinski definition) is 1. The molecule has 0 bridgehead atoms. The van der Waals surface area contributed by atoms with Crippen LogP contribution in [-0.2, 0) is 4.79 Å². The molecule has 0 aromatic carbocycles. The van der Waals surface area contributed by atoms with Gasteiger partial charge in [-0.05, 0) is 20.8 Å². The Morgan fingerprint density at radius 3 is 2.27 bits per heavy atom. The van der Waals surface area contributed by atoms with E-state index in [0.717, 1.165) is 0 Å². The fourth-order valence-electron chi connectivity index (χ4n) is 0.354. The average Bonchev–Trinajstić information content (AvgIpc) is 1.88. The third kappa shape index (κ3) is 5.26. The van der Waals surface area contributed by atoms with Crippen LogP contribution in [0.15, 0.2) is 10.1 Å². The molecule has 2 N–H and O–H groups in total. The lowest BCUT2D eigenvalue weighted by molar-refractivity contribution is -0.102. The third-order valence-electron chi connectivity index (χ3n) is 0.854. The van der Waals surface area contributed by atoms with Crippen LogP contribution < -0.4 is 5.84 Å². The molecule has 0 aliphatic carbocycles. The van der Waals surface area contributed by atoms with Crippen LogP contribution in [-0.4, -0.2) is 23.8 Å². The predicted molar refractivity (Wildman–Crippen MR) is 45.9 cm³/mol. The van der Waals surface area contributed by atoms with E-state index in [9.17, 15) is 4.79 Å². The quantitative estimate of drug-likeness (QED) is 0.271. The van der Waals surface area contributed by atoms with Gasteiger partial charge in [0.05, 0.1) is 11.8 Å². The monoisotopic (exact) mass is 155 g/mol. The van der Waals surface area contributed by atoms with Crippen molar-refractivity contribution in [3.8, 4) is 0 Å². The number of aldehydes is 1. The molecule has 11 heavy (non-hydrogen) atoms. The van der Waals surface area contributed by atoms with Crippen molar-refractivity contribution in [3.63, 3.8) is 0 Å². The highest BCUT2D eigenvalue weighted by Gasteiger charge is 2.05. The van der Waals surface area contributed by atoms with Gasteiger partial charge in [0.25, 0.3) is 0 Å². The van der Waals surface area contributed by atoms with E-state index in [0.29, 0.717) is 6.29 Å². The highest BCUT2D eigenvalue weighted by molar-refractivity contribution is 6.54. The molecular weight excluding hydrogens is 142 g/mol. The number of nitrogens with zero attached hydrogens (tertiary/aromatic N) is 2. The van der Waals surface area contributed by atoms with Crippen molar-refractivity contribution in [3.05, 3.63) is 0 Å². The third-order valence-corrected chi connectivity index (χ3v) is 0.854. The maximum Gasteiger partial charge on any atom is 0.171 e. The molecule has 0 aliphatic heterocycles. The van der Waals surface area contributed by atoms with E-state index >= 15 is 0 Å². The Morgan fingerprint density at radius 2 is 2.00 bits per heavy atom. The zero-order valence-electron chi connectivity index (χ0n) is 7.03. The number of nitrogens with two attached hydrogens (primary N) is 1. The molecule has 0 amide bonds. The number of hydrazone groups is 1. The summed E-state index contributed by atoms with van der Waals surface area (Å²) >= 11 is 0. The summed E-state index contributed by atoms with van der Waals surface area (Å²) in [6.45, 7) is 5.76. The van der Waals surface area contributed by atoms with Crippen LogP contribution in [0.4, 0.5) is 0 Å². The van der Waals surface area contributed by atoms with E-state index in [2.05, 4.69) is 10.1 Å². The molecule has 0 saturated heterocycles. The minimum atomic E-state index is -0.195. The van der Waals surface area contributed by atoms with Crippen molar-refractivity contribution < 1.29 is 4.79 Å². The maximum atomic E-state index is 10.2. The molecule has 4 nitrogen and oxygen atoms in total. The lowest BCUT2D eigenvalue weighted by Gasteiger charge is -2.09. The first-order valence-electron chi connectivity index (χ1n) is 3.28. The van der Waals surface area contributed by atoms with Gasteiger partial charge in [0.15, 0.2) is 6.29 Å². The molecule has 0 spiro atoms. The SMILES string of the molecule is CC(C)(C)N=C/C(C=O)=N\N. The van der Waals surface area contributed by atoms with Crippen LogP contribution >= 0.6 is 0 Å². The predicted octanol–water partition coefficient (Wildman–Crippen LogP) is 0.369. The first-order valence-corrected chi connectivity index (χ1v) is 3.28. The van der Waals surface area contributed by atoms with E-state index in [1.54, 1.807) is 0 Å². The number of carbonyl (C=O) groups is 1. The molecule has 0 aliphatic rings. The van der Waals surface area contributed by atoms with Gasteiger partial charge < -0.3 is 5.84 Å². The van der Waals surface area contributed by atoms with Crippen molar-refractivity contribution in [2.24, 2.45) is 15.9 Å². The van der Waals surface area contributed by atoms with Crippen molar-refractivity contribution in [1.82, 2.24) is 0 Å². The minimum Gasteiger partial charge on any atom is -0.323 e. The van der Waals surface area contributed by atoms with Crippen molar-refractivity contribution in [1.29, 1.82) is 0 Å². The second kappa shape index (κ2) is 3.85. The second-order valence-corrected chi connectivity index (χ2v) is 3.10. The molecule has 0 atom stereocenters. The Hall–Kier alpha value is -1.19. The fourth-order valence-corrected chi connectivity index (χ4v) is 0.354. The van der Waals surface area contributed by atoms with Crippen molar-refractivity contribution in [2.45, 2.75) is 26.3 Å². The molecule has 0 aromatic rings. The van der Waals surface area contributed by atoms with E-state index in [4.69, 9.17) is 5.84 Å². The van der Waals surface area contributed by atoms with Gasteiger partial charge in [-0.1, -0.05) is 0 Å². The highest BCUT2D eigenvalue weighted by Crippen LogP contribution is 2.04. The Bertz CT molecular complexity index is 188. The van der Waals surface area contributed by atoms with Gasteiger partial charge in [-0.3, -0.25) is 9.79 Å². The first kappa shape index (κ1) is 9.81. The van der Waals surface area contributed by atoms with Crippen LogP contribution in [0.3, 0.4) is 0 Å². The summed E-state index contributed by atoms with van der Waals surface area (Å²) in [5.41, 5.74) is -0.0428. The zero-order chi connectivity index (χ0) is 8.91. The van der Waals surface area contributed by atoms with Gasteiger partial charge in [-0.2, -0.15) is 5.10 Å². The lowest BCUT2D eigenvalue weighted by Crippen LogP contribution is -2.13. The van der Waals surface area contributed by atoms with E-state index < -0.39 is 0 Å². The smallest absolute Gasteiger partial charge is 0.171 e. The van der Waals surface area contributed by atoms with Gasteiger partial charge in [0.2, 0.25) is 0 Å². The summed E-state index contributed by atoms with van der Waals surface area (Å²) < 4.78 is 0. The summed E-state index contributed by atoms with van der Waals surface area (Å²) in [5, 5.41) is 3.21. The normalized spacial score (nSPS) is 13.9. The summed E-state index contributed by atoms with van der Waals surface area (Å²) in [6, 6.07) is 0. The molecule has 62 valence electrons. The van der Waals surface area contributed by atoms with E-state index in [1.807, 2.05) is 20.8 Å². The standard InChI is InChI=1S/C7H13N3O/c1-7(2,3)9-4-6(5-11)10-8/h4-5H,8H2,1-3H3/b9-4?,10-6+. The van der Waals surface area contributed by atoms with Crippen molar-refractivity contribution >= 4 is 18.2 Å². The summed E-state index contributed by atoms with van der Waals surface area (Å²) in [7, 11) is 0. The Kier molecular flexibility index (Phi) is 3.44. The van der Waals surface area contributed by atoms with Crippen LogP contribution in [0.25, 0.3) is 0 Å². The number of hydrogen-bond acceptors (Lipinski definition) is 4. The average molecular weight is 155 g/mol. The van der Waals surface area contributed by atoms with Crippen LogP contribution in [0.1, 0.15) is 20.8 Å². The molecule has 0 fully saturated rings. The van der Waals surface area contributed by atoms with Gasteiger partial charge in [0.1, 0.15) is 5.71 Å². The molecule has 0 heterocycles. The summed E-state index contributed by atoms with van der Waals surface area (Å²) in [5.74, 6) is 4.88. The molecule has 0 unspecified atom stereocenters.